The van der Waals surface area contributed by atoms with Crippen molar-refractivity contribution in [1.82, 2.24) is 0 Å². The summed E-state index contributed by atoms with van der Waals surface area (Å²) in [5.41, 5.74) is 1.51. The number of unbranched alkanes of at least 4 members (excludes halogenated alkanes) is 1. The molecule has 0 saturated heterocycles. The van der Waals surface area contributed by atoms with Crippen molar-refractivity contribution in [3.05, 3.63) is 48.0 Å². The van der Waals surface area contributed by atoms with Gasteiger partial charge in [-0.15, -0.1) is 16.2 Å². The predicted molar refractivity (Wildman–Crippen MR) is 115 cm³/mol. The molecule has 1 amide bonds. The highest BCUT2D eigenvalue weighted by molar-refractivity contribution is 7.98. The van der Waals surface area contributed by atoms with E-state index in [0.29, 0.717) is 23.8 Å². The number of rotatable bonds is 6. The third-order valence-corrected chi connectivity index (χ3v) is 6.61. The first-order chi connectivity index (χ1) is 13.4. The molecule has 1 aliphatic rings. The number of benzene rings is 2. The summed E-state index contributed by atoms with van der Waals surface area (Å²) in [5, 5.41) is 2.82. The highest BCUT2D eigenvalue weighted by Gasteiger charge is 2.29. The van der Waals surface area contributed by atoms with E-state index in [0.717, 1.165) is 17.7 Å². The number of sulfonamides is 1. The number of anilines is 2. The molecule has 0 atom stereocenters. The Hall–Kier alpha value is -2.32. The van der Waals surface area contributed by atoms with E-state index in [1.807, 2.05) is 29.4 Å². The molecule has 0 saturated carbocycles. The molecular weight excluding hydrogens is 394 g/mol. The van der Waals surface area contributed by atoms with Gasteiger partial charge in [0.1, 0.15) is 10.7 Å². The molecule has 0 bridgehead atoms. The number of carbonyl (C=O) groups excluding carboxylic acids is 1. The Kier molecular flexibility index (Phi) is 6.10. The Balaban J connectivity index is 1.93. The van der Waals surface area contributed by atoms with Crippen LogP contribution in [-0.4, -0.2) is 33.0 Å². The minimum atomic E-state index is -3.83. The zero-order chi connectivity index (χ0) is 20.3. The predicted octanol–water partition coefficient (Wildman–Crippen LogP) is 4.39. The summed E-state index contributed by atoms with van der Waals surface area (Å²) in [5.74, 6) is 0.0923. The second-order valence-electron chi connectivity index (χ2n) is 6.49. The maximum absolute atomic E-state index is 12.7. The minimum absolute atomic E-state index is 0.0692. The summed E-state index contributed by atoms with van der Waals surface area (Å²) in [6.07, 6.45) is 3.86. The molecule has 2 aromatic rings. The molecule has 0 fully saturated rings. The molecule has 0 unspecified atom stereocenters. The molecule has 0 aromatic heterocycles. The van der Waals surface area contributed by atoms with Crippen LogP contribution in [0.3, 0.4) is 0 Å². The molecule has 0 aliphatic carbocycles. The molecule has 6 nitrogen and oxygen atoms in total. The second kappa shape index (κ2) is 8.36. The van der Waals surface area contributed by atoms with Crippen LogP contribution >= 0.6 is 11.8 Å². The van der Waals surface area contributed by atoms with Gasteiger partial charge in [-0.2, -0.15) is 8.42 Å². The largest absolute Gasteiger partial charge is 0.328 e. The zero-order valence-electron chi connectivity index (χ0n) is 16.1. The third kappa shape index (κ3) is 4.23. The summed E-state index contributed by atoms with van der Waals surface area (Å²) < 4.78 is 29.0. The van der Waals surface area contributed by atoms with Crippen LogP contribution in [0.1, 0.15) is 37.0 Å². The average Bonchev–Trinajstić information content (AvgIpc) is 2.67. The smallest absolute Gasteiger partial charge is 0.286 e. The molecule has 148 valence electrons. The first kappa shape index (κ1) is 20.4. The van der Waals surface area contributed by atoms with Crippen LogP contribution in [0.2, 0.25) is 0 Å². The molecule has 0 spiro atoms. The van der Waals surface area contributed by atoms with Gasteiger partial charge in [-0.1, -0.05) is 19.4 Å². The van der Waals surface area contributed by atoms with Crippen LogP contribution in [0, 0.1) is 0 Å². The van der Waals surface area contributed by atoms with E-state index in [9.17, 15) is 13.2 Å². The van der Waals surface area contributed by atoms with Crippen LogP contribution in [0.25, 0.3) is 0 Å². The lowest BCUT2D eigenvalue weighted by Gasteiger charge is -2.29. The summed E-state index contributed by atoms with van der Waals surface area (Å²) in [7, 11) is -3.83. The normalized spacial score (nSPS) is 15.0. The monoisotopic (exact) mass is 417 g/mol. The van der Waals surface area contributed by atoms with Crippen LogP contribution in [0.5, 0.6) is 0 Å². The maximum Gasteiger partial charge on any atom is 0.286 e. The van der Waals surface area contributed by atoms with E-state index in [4.69, 9.17) is 0 Å². The number of hydrogen-bond acceptors (Lipinski definition) is 5. The van der Waals surface area contributed by atoms with Gasteiger partial charge in [0.15, 0.2) is 0 Å². The van der Waals surface area contributed by atoms with Crippen molar-refractivity contribution in [2.24, 2.45) is 4.40 Å². The van der Waals surface area contributed by atoms with Gasteiger partial charge >= 0.3 is 0 Å². The van der Waals surface area contributed by atoms with Crippen molar-refractivity contribution in [2.45, 2.75) is 36.5 Å². The maximum atomic E-state index is 12.7. The molecule has 1 heterocycles. The van der Waals surface area contributed by atoms with Crippen LogP contribution in [0.4, 0.5) is 11.4 Å². The van der Waals surface area contributed by atoms with Crippen LogP contribution in [0.15, 0.2) is 56.7 Å². The van der Waals surface area contributed by atoms with Gasteiger partial charge in [0.25, 0.3) is 15.9 Å². The third-order valence-electron chi connectivity index (χ3n) is 4.50. The Morgan fingerprint density at radius 2 is 2.00 bits per heavy atom. The van der Waals surface area contributed by atoms with Gasteiger partial charge in [-0.05, 0) is 56.0 Å². The van der Waals surface area contributed by atoms with Crippen molar-refractivity contribution in [2.75, 3.05) is 23.0 Å². The fourth-order valence-corrected chi connectivity index (χ4v) is 4.76. The number of amidine groups is 1. The lowest BCUT2D eigenvalue weighted by atomic mass is 10.1. The molecule has 0 radical (unpaired) electrons. The number of amides is 1. The van der Waals surface area contributed by atoms with Crippen molar-refractivity contribution < 1.29 is 13.2 Å². The number of hydrogen-bond donors (Lipinski definition) is 1. The van der Waals surface area contributed by atoms with Gasteiger partial charge in [-0.25, -0.2) is 0 Å². The van der Waals surface area contributed by atoms with E-state index in [1.54, 1.807) is 36.9 Å². The van der Waals surface area contributed by atoms with Crippen molar-refractivity contribution in [3.8, 4) is 0 Å². The first-order valence-corrected chi connectivity index (χ1v) is 11.7. The van der Waals surface area contributed by atoms with Gasteiger partial charge in [0.2, 0.25) is 0 Å². The first-order valence-electron chi connectivity index (χ1n) is 9.04. The van der Waals surface area contributed by atoms with E-state index in [2.05, 4.69) is 16.6 Å². The molecule has 8 heteroatoms. The number of nitrogens with one attached hydrogen (secondary N) is 1. The van der Waals surface area contributed by atoms with E-state index in [1.165, 1.54) is 6.07 Å². The fourth-order valence-electron chi connectivity index (χ4n) is 3.03. The van der Waals surface area contributed by atoms with Crippen molar-refractivity contribution in [1.29, 1.82) is 0 Å². The highest BCUT2D eigenvalue weighted by atomic mass is 32.2. The Bertz CT molecular complexity index is 1030. The van der Waals surface area contributed by atoms with Gasteiger partial charge in [-0.3, -0.25) is 4.79 Å². The van der Waals surface area contributed by atoms with Crippen LogP contribution < -0.4 is 10.2 Å². The van der Waals surface area contributed by atoms with E-state index in [-0.39, 0.29) is 16.4 Å². The van der Waals surface area contributed by atoms with E-state index < -0.39 is 10.0 Å². The molecule has 1 aliphatic heterocycles. The lowest BCUT2D eigenvalue weighted by Crippen LogP contribution is -2.34. The number of carbonyl (C=O) groups is 1. The zero-order valence-corrected chi connectivity index (χ0v) is 17.7. The average molecular weight is 418 g/mol. The molecular formula is C20H23N3O3S2. The van der Waals surface area contributed by atoms with Gasteiger partial charge in [0.05, 0.1) is 5.69 Å². The standard InChI is InChI=1S/C20H23N3O3S2/c1-4-5-11-23-14(2)22-28(25,26)19-12-15(9-10-18(19)23)20(24)21-16-7-6-8-17(13-16)27-3/h6-10,12-13H,4-5,11H2,1-3H3,(H,21,24). The highest BCUT2D eigenvalue weighted by Crippen LogP contribution is 2.33. The van der Waals surface area contributed by atoms with Crippen molar-refractivity contribution >= 4 is 44.9 Å². The fraction of sp³-hybridized carbons (Fsp3) is 0.300. The summed E-state index contributed by atoms with van der Waals surface area (Å²) >= 11 is 1.58. The summed E-state index contributed by atoms with van der Waals surface area (Å²) in [6.45, 7) is 4.45. The summed E-state index contributed by atoms with van der Waals surface area (Å²) in [4.78, 5) is 15.7. The molecule has 1 N–H and O–H groups in total. The van der Waals surface area contributed by atoms with Gasteiger partial charge in [0, 0.05) is 22.7 Å². The Morgan fingerprint density at radius 1 is 1.21 bits per heavy atom. The van der Waals surface area contributed by atoms with Crippen molar-refractivity contribution in [3.63, 3.8) is 0 Å². The Labute approximate surface area is 170 Å². The SMILES string of the molecule is CCCCN1C(C)=NS(=O)(=O)c2cc(C(=O)Nc3cccc(SC)c3)ccc21. The second-order valence-corrected chi connectivity index (χ2v) is 8.94. The topological polar surface area (TPSA) is 78.8 Å². The molecule has 3 rings (SSSR count). The van der Waals surface area contributed by atoms with Crippen LogP contribution in [-0.2, 0) is 10.0 Å². The summed E-state index contributed by atoms with van der Waals surface area (Å²) in [6, 6.07) is 12.2. The van der Waals surface area contributed by atoms with E-state index >= 15 is 0 Å². The molecule has 28 heavy (non-hydrogen) atoms. The lowest BCUT2D eigenvalue weighted by molar-refractivity contribution is 0.102. The minimum Gasteiger partial charge on any atom is -0.328 e. The molecule has 2 aromatic carbocycles. The Morgan fingerprint density at radius 3 is 2.71 bits per heavy atom. The quantitative estimate of drug-likeness (QED) is 0.705. The number of thioether (sulfide) groups is 1. The number of fused-ring (bicyclic) bond motifs is 1. The number of nitrogens with zero attached hydrogens (tertiary/aromatic N) is 2. The van der Waals surface area contributed by atoms with Gasteiger partial charge < -0.3 is 10.2 Å².